The number of tetrazole rings is 1. The predicted molar refractivity (Wildman–Crippen MR) is 117 cm³/mol. The summed E-state index contributed by atoms with van der Waals surface area (Å²) in [4.78, 5) is 2.41. The van der Waals surface area contributed by atoms with Crippen molar-refractivity contribution >= 4 is 5.69 Å². The van der Waals surface area contributed by atoms with E-state index in [1.807, 2.05) is 11.7 Å². The predicted octanol–water partition coefficient (Wildman–Crippen LogP) is 2.95. The number of rotatable bonds is 4. The third-order valence-corrected chi connectivity index (χ3v) is 6.22. The Kier molecular flexibility index (Phi) is 4.14. The van der Waals surface area contributed by atoms with Gasteiger partial charge in [0.25, 0.3) is 0 Å². The Morgan fingerprint density at radius 1 is 1.06 bits per heavy atom. The normalized spacial score (nSPS) is 15.1. The zero-order valence-electron chi connectivity index (χ0n) is 17.2. The molecule has 4 heterocycles. The fourth-order valence-electron chi connectivity index (χ4n) is 4.62. The molecule has 2 aromatic carbocycles. The smallest absolute Gasteiger partial charge is 0.203 e. The molecule has 2 aromatic heterocycles. The highest BCUT2D eigenvalue weighted by Gasteiger charge is 2.28. The Hall–Kier alpha value is -3.52. The standard InChI is InChI=1S/C23H22FN7/c1-25-10-15-11-29(12-15)20-6-7-21-18(8-20)14-30-13-17(16-2-4-19(24)5-3-16)9-22(30)23-26-27-28-31(21)23/h2-9,13,15,25H,10-12,14H2,1H3. The van der Waals surface area contributed by atoms with E-state index in [9.17, 15) is 4.39 Å². The summed E-state index contributed by atoms with van der Waals surface area (Å²) in [5.74, 6) is 1.17. The minimum Gasteiger partial charge on any atom is -0.371 e. The van der Waals surface area contributed by atoms with E-state index in [0.29, 0.717) is 18.3 Å². The van der Waals surface area contributed by atoms with Gasteiger partial charge in [-0.15, -0.1) is 5.10 Å². The number of halogens is 1. The second kappa shape index (κ2) is 7.02. The molecule has 4 aromatic rings. The van der Waals surface area contributed by atoms with Crippen molar-refractivity contribution < 1.29 is 4.39 Å². The van der Waals surface area contributed by atoms with Crippen LogP contribution in [-0.2, 0) is 6.54 Å². The summed E-state index contributed by atoms with van der Waals surface area (Å²) in [5.41, 5.74) is 6.33. The first-order valence-corrected chi connectivity index (χ1v) is 10.5. The Bertz CT molecular complexity index is 1250. The molecular weight excluding hydrogens is 393 g/mol. The summed E-state index contributed by atoms with van der Waals surface area (Å²) in [5, 5.41) is 15.8. The van der Waals surface area contributed by atoms with Crippen LogP contribution in [0.25, 0.3) is 28.3 Å². The Labute approximate surface area is 179 Å². The van der Waals surface area contributed by atoms with Gasteiger partial charge in [-0.05, 0) is 65.0 Å². The lowest BCUT2D eigenvalue weighted by molar-refractivity contribution is 0.397. The molecule has 0 saturated carbocycles. The van der Waals surface area contributed by atoms with Crippen LogP contribution in [0.5, 0.6) is 0 Å². The first kappa shape index (κ1) is 18.3. The largest absolute Gasteiger partial charge is 0.371 e. The molecule has 7 nitrogen and oxygen atoms in total. The lowest BCUT2D eigenvalue weighted by atomic mass is 9.98. The van der Waals surface area contributed by atoms with Crippen LogP contribution in [0.2, 0.25) is 0 Å². The Morgan fingerprint density at radius 3 is 2.71 bits per heavy atom. The van der Waals surface area contributed by atoms with Crippen molar-refractivity contribution in [3.63, 3.8) is 0 Å². The van der Waals surface area contributed by atoms with Crippen molar-refractivity contribution in [1.29, 1.82) is 0 Å². The first-order chi connectivity index (χ1) is 15.2. The van der Waals surface area contributed by atoms with Gasteiger partial charge in [-0.1, -0.05) is 12.1 Å². The molecule has 1 fully saturated rings. The average molecular weight is 415 g/mol. The minimum absolute atomic E-state index is 0.238. The first-order valence-electron chi connectivity index (χ1n) is 10.5. The molecule has 0 amide bonds. The number of benzene rings is 2. The molecule has 2 aliphatic rings. The van der Waals surface area contributed by atoms with Gasteiger partial charge in [0, 0.05) is 49.5 Å². The summed E-state index contributed by atoms with van der Waals surface area (Å²) in [6, 6.07) is 15.2. The number of nitrogens with zero attached hydrogens (tertiary/aromatic N) is 6. The van der Waals surface area contributed by atoms with E-state index in [1.165, 1.54) is 23.4 Å². The van der Waals surface area contributed by atoms with Crippen LogP contribution in [0.4, 0.5) is 10.1 Å². The maximum atomic E-state index is 13.4. The third kappa shape index (κ3) is 3.02. The molecule has 0 atom stereocenters. The van der Waals surface area contributed by atoms with Gasteiger partial charge < -0.3 is 14.8 Å². The highest BCUT2D eigenvalue weighted by atomic mass is 19.1. The molecule has 31 heavy (non-hydrogen) atoms. The molecule has 156 valence electrons. The summed E-state index contributed by atoms with van der Waals surface area (Å²) >= 11 is 0. The molecule has 0 unspecified atom stereocenters. The average Bonchev–Trinajstić information content (AvgIpc) is 3.36. The maximum absolute atomic E-state index is 13.4. The van der Waals surface area contributed by atoms with E-state index in [4.69, 9.17) is 0 Å². The van der Waals surface area contributed by atoms with Crippen molar-refractivity contribution in [1.82, 2.24) is 30.1 Å². The summed E-state index contributed by atoms with van der Waals surface area (Å²) in [6.45, 7) is 3.89. The second-order valence-electron chi connectivity index (χ2n) is 8.30. The highest BCUT2D eigenvalue weighted by Crippen LogP contribution is 2.35. The van der Waals surface area contributed by atoms with Gasteiger partial charge in [-0.25, -0.2) is 4.39 Å². The van der Waals surface area contributed by atoms with Gasteiger partial charge in [0.15, 0.2) is 0 Å². The van der Waals surface area contributed by atoms with Gasteiger partial charge in [0.05, 0.1) is 11.4 Å². The molecule has 8 heteroatoms. The van der Waals surface area contributed by atoms with Crippen LogP contribution >= 0.6 is 0 Å². The summed E-state index contributed by atoms with van der Waals surface area (Å²) in [6.07, 6.45) is 2.09. The van der Waals surface area contributed by atoms with Crippen LogP contribution in [0.3, 0.4) is 0 Å². The van der Waals surface area contributed by atoms with Crippen molar-refractivity contribution in [3.8, 4) is 28.3 Å². The summed E-state index contributed by atoms with van der Waals surface area (Å²) < 4.78 is 17.4. The molecule has 1 saturated heterocycles. The molecule has 1 N–H and O–H groups in total. The van der Waals surface area contributed by atoms with Crippen LogP contribution in [-0.4, -0.2) is 51.5 Å². The van der Waals surface area contributed by atoms with Gasteiger partial charge >= 0.3 is 0 Å². The van der Waals surface area contributed by atoms with E-state index in [1.54, 1.807) is 12.1 Å². The third-order valence-electron chi connectivity index (χ3n) is 6.22. The monoisotopic (exact) mass is 415 g/mol. The number of hydrogen-bond donors (Lipinski definition) is 1. The van der Waals surface area contributed by atoms with Crippen molar-refractivity contribution in [2.45, 2.75) is 6.54 Å². The number of nitrogens with one attached hydrogen (secondary N) is 1. The van der Waals surface area contributed by atoms with Gasteiger partial charge in [-0.3, -0.25) is 0 Å². The summed E-state index contributed by atoms with van der Waals surface area (Å²) in [7, 11) is 2.00. The Balaban J connectivity index is 1.39. The molecular formula is C23H22FN7. The van der Waals surface area contributed by atoms with Crippen LogP contribution < -0.4 is 10.2 Å². The minimum atomic E-state index is -0.238. The molecule has 0 aliphatic carbocycles. The van der Waals surface area contributed by atoms with Crippen LogP contribution in [0.15, 0.2) is 54.7 Å². The van der Waals surface area contributed by atoms with E-state index >= 15 is 0 Å². The SMILES string of the molecule is CNCC1CN(c2ccc3c(c2)Cn2cc(-c4ccc(F)cc4)cc2-c2nnnn2-3)C1. The van der Waals surface area contributed by atoms with Gasteiger partial charge in [0.1, 0.15) is 5.82 Å². The van der Waals surface area contributed by atoms with Gasteiger partial charge in [0.2, 0.25) is 5.82 Å². The molecule has 2 aliphatic heterocycles. The zero-order chi connectivity index (χ0) is 20.9. The highest BCUT2D eigenvalue weighted by molar-refractivity contribution is 5.71. The fourth-order valence-corrected chi connectivity index (χ4v) is 4.62. The van der Waals surface area contributed by atoms with E-state index < -0.39 is 0 Å². The number of aromatic nitrogens is 5. The lowest BCUT2D eigenvalue weighted by Crippen LogP contribution is -2.50. The second-order valence-corrected chi connectivity index (χ2v) is 8.30. The maximum Gasteiger partial charge on any atom is 0.203 e. The van der Waals surface area contributed by atoms with Crippen molar-refractivity contribution in [2.75, 3.05) is 31.6 Å². The van der Waals surface area contributed by atoms with Crippen LogP contribution in [0, 0.1) is 11.7 Å². The van der Waals surface area contributed by atoms with Crippen LogP contribution in [0.1, 0.15) is 5.56 Å². The lowest BCUT2D eigenvalue weighted by Gasteiger charge is -2.41. The van der Waals surface area contributed by atoms with E-state index in [-0.39, 0.29) is 5.82 Å². The molecule has 6 rings (SSSR count). The molecule has 0 spiro atoms. The topological polar surface area (TPSA) is 63.8 Å². The van der Waals surface area contributed by atoms with Crippen molar-refractivity contribution in [2.24, 2.45) is 5.92 Å². The molecule has 0 radical (unpaired) electrons. The van der Waals surface area contributed by atoms with Crippen molar-refractivity contribution in [3.05, 3.63) is 66.1 Å². The number of fused-ring (bicyclic) bond motifs is 5. The van der Waals surface area contributed by atoms with E-state index in [2.05, 4.69) is 60.8 Å². The molecule has 0 bridgehead atoms. The fraction of sp³-hybridized carbons (Fsp3) is 0.261. The Morgan fingerprint density at radius 2 is 1.90 bits per heavy atom. The number of hydrogen-bond acceptors (Lipinski definition) is 5. The zero-order valence-corrected chi connectivity index (χ0v) is 17.2. The quantitative estimate of drug-likeness (QED) is 0.489. The van der Waals surface area contributed by atoms with E-state index in [0.717, 1.165) is 42.1 Å². The van der Waals surface area contributed by atoms with Gasteiger partial charge in [-0.2, -0.15) is 4.68 Å². The number of anilines is 1.